The fraction of sp³-hybridized carbons (Fsp3) is 1.00. The van der Waals surface area contributed by atoms with Gasteiger partial charge in [-0.15, -0.1) is 0 Å². The van der Waals surface area contributed by atoms with E-state index in [1.54, 1.807) is 0 Å². The molecule has 0 aromatic carbocycles. The van der Waals surface area contributed by atoms with E-state index in [1.807, 2.05) is 0 Å². The first-order valence-electron chi connectivity index (χ1n) is 8.02. The summed E-state index contributed by atoms with van der Waals surface area (Å²) in [4.78, 5) is 0. The summed E-state index contributed by atoms with van der Waals surface area (Å²) in [6.45, 7) is 13.3. The molecule has 118 valence electrons. The quantitative estimate of drug-likeness (QED) is 0.782. The van der Waals surface area contributed by atoms with E-state index in [-0.39, 0.29) is 11.0 Å². The van der Waals surface area contributed by atoms with Crippen LogP contribution in [-0.2, 0) is 9.47 Å². The highest BCUT2D eigenvalue weighted by Crippen LogP contribution is 2.49. The maximum atomic E-state index is 6.59. The van der Waals surface area contributed by atoms with Crippen LogP contribution in [-0.4, -0.2) is 44.6 Å². The smallest absolute Gasteiger partial charge is 0.0662 e. The van der Waals surface area contributed by atoms with E-state index >= 15 is 0 Å². The standard InChI is InChI=1S/C16H32N2O2/c1-5-20-13-10-16(17,14(13,2)3)12-18-11-15(4)6-8-19-9-7-15/h13,18H,5-12,17H2,1-4H3. The van der Waals surface area contributed by atoms with Crippen LogP contribution in [0.4, 0.5) is 0 Å². The van der Waals surface area contributed by atoms with E-state index in [0.717, 1.165) is 52.2 Å². The first-order valence-corrected chi connectivity index (χ1v) is 8.02. The summed E-state index contributed by atoms with van der Waals surface area (Å²) in [6.07, 6.45) is 3.55. The van der Waals surface area contributed by atoms with Gasteiger partial charge in [0.15, 0.2) is 0 Å². The molecular formula is C16H32N2O2. The van der Waals surface area contributed by atoms with Gasteiger partial charge in [-0.3, -0.25) is 0 Å². The second-order valence-corrected chi connectivity index (χ2v) is 7.55. The molecule has 1 heterocycles. The van der Waals surface area contributed by atoms with Crippen LogP contribution >= 0.6 is 0 Å². The topological polar surface area (TPSA) is 56.5 Å². The van der Waals surface area contributed by atoms with Gasteiger partial charge >= 0.3 is 0 Å². The summed E-state index contributed by atoms with van der Waals surface area (Å²) in [5, 5.41) is 3.62. The molecule has 1 saturated carbocycles. The molecule has 0 bridgehead atoms. The van der Waals surface area contributed by atoms with Gasteiger partial charge in [-0.1, -0.05) is 20.8 Å². The Morgan fingerprint density at radius 3 is 2.40 bits per heavy atom. The highest BCUT2D eigenvalue weighted by molar-refractivity contribution is 5.14. The van der Waals surface area contributed by atoms with Gasteiger partial charge in [0.05, 0.1) is 6.10 Å². The summed E-state index contributed by atoms with van der Waals surface area (Å²) in [5.74, 6) is 0. The number of ether oxygens (including phenoxy) is 2. The summed E-state index contributed by atoms with van der Waals surface area (Å²) in [6, 6.07) is 0. The van der Waals surface area contributed by atoms with Crippen molar-refractivity contribution in [3.05, 3.63) is 0 Å². The van der Waals surface area contributed by atoms with Gasteiger partial charge < -0.3 is 20.5 Å². The molecule has 3 N–H and O–H groups in total. The summed E-state index contributed by atoms with van der Waals surface area (Å²) in [7, 11) is 0. The van der Waals surface area contributed by atoms with Crippen molar-refractivity contribution in [2.45, 2.75) is 58.6 Å². The van der Waals surface area contributed by atoms with E-state index in [4.69, 9.17) is 15.2 Å². The third-order valence-electron chi connectivity index (χ3n) is 5.70. The van der Waals surface area contributed by atoms with Gasteiger partial charge in [0.25, 0.3) is 0 Å². The average molecular weight is 284 g/mol. The third kappa shape index (κ3) is 3.03. The molecule has 4 nitrogen and oxygen atoms in total. The van der Waals surface area contributed by atoms with Crippen LogP contribution < -0.4 is 11.1 Å². The second kappa shape index (κ2) is 5.91. The molecule has 20 heavy (non-hydrogen) atoms. The zero-order valence-corrected chi connectivity index (χ0v) is 13.6. The Hall–Kier alpha value is -0.160. The largest absolute Gasteiger partial charge is 0.381 e. The fourth-order valence-corrected chi connectivity index (χ4v) is 3.44. The van der Waals surface area contributed by atoms with E-state index in [0.29, 0.717) is 11.5 Å². The Bertz CT molecular complexity index is 326. The van der Waals surface area contributed by atoms with Crippen molar-refractivity contribution in [2.24, 2.45) is 16.6 Å². The first kappa shape index (κ1) is 16.2. The molecule has 2 rings (SSSR count). The molecule has 1 saturated heterocycles. The minimum Gasteiger partial charge on any atom is -0.381 e. The van der Waals surface area contributed by atoms with Gasteiger partial charge in [0, 0.05) is 43.9 Å². The van der Waals surface area contributed by atoms with Gasteiger partial charge in [0.2, 0.25) is 0 Å². The first-order chi connectivity index (χ1) is 9.33. The molecule has 1 aliphatic carbocycles. The minimum absolute atomic E-state index is 0.0482. The number of rotatable bonds is 6. The van der Waals surface area contributed by atoms with E-state index in [1.165, 1.54) is 0 Å². The van der Waals surface area contributed by atoms with E-state index in [9.17, 15) is 0 Å². The highest BCUT2D eigenvalue weighted by atomic mass is 16.5. The number of nitrogens with two attached hydrogens (primary N) is 1. The van der Waals surface area contributed by atoms with Crippen LogP contribution in [0, 0.1) is 10.8 Å². The second-order valence-electron chi connectivity index (χ2n) is 7.55. The lowest BCUT2D eigenvalue weighted by Gasteiger charge is -2.59. The van der Waals surface area contributed by atoms with Crippen LogP contribution in [0.5, 0.6) is 0 Å². The van der Waals surface area contributed by atoms with Crippen molar-refractivity contribution in [3.63, 3.8) is 0 Å². The van der Waals surface area contributed by atoms with Crippen LogP contribution in [0.15, 0.2) is 0 Å². The lowest BCUT2D eigenvalue weighted by atomic mass is 9.54. The van der Waals surface area contributed by atoms with E-state index in [2.05, 4.69) is 33.0 Å². The predicted molar refractivity (Wildman–Crippen MR) is 81.8 cm³/mol. The maximum absolute atomic E-state index is 6.59. The van der Waals surface area contributed by atoms with Gasteiger partial charge in [-0.05, 0) is 31.6 Å². The zero-order chi connectivity index (χ0) is 14.9. The molecule has 2 fully saturated rings. The lowest BCUT2D eigenvalue weighted by molar-refractivity contribution is -0.148. The third-order valence-corrected chi connectivity index (χ3v) is 5.70. The SMILES string of the molecule is CCOC1CC(N)(CNCC2(C)CCOCC2)C1(C)C. The molecule has 0 radical (unpaired) electrons. The summed E-state index contributed by atoms with van der Waals surface area (Å²) >= 11 is 0. The zero-order valence-electron chi connectivity index (χ0n) is 13.6. The fourth-order valence-electron chi connectivity index (χ4n) is 3.44. The molecule has 0 spiro atoms. The van der Waals surface area contributed by atoms with Crippen molar-refractivity contribution < 1.29 is 9.47 Å². The van der Waals surface area contributed by atoms with Gasteiger partial charge in [-0.25, -0.2) is 0 Å². The summed E-state index contributed by atoms with van der Waals surface area (Å²) < 4.78 is 11.2. The monoisotopic (exact) mass is 284 g/mol. The van der Waals surface area contributed by atoms with Crippen molar-refractivity contribution in [1.29, 1.82) is 0 Å². The van der Waals surface area contributed by atoms with Crippen molar-refractivity contribution in [2.75, 3.05) is 32.9 Å². The Balaban J connectivity index is 1.79. The molecule has 0 amide bonds. The molecule has 1 aliphatic heterocycles. The van der Waals surface area contributed by atoms with Gasteiger partial charge in [-0.2, -0.15) is 0 Å². The minimum atomic E-state index is -0.144. The highest BCUT2D eigenvalue weighted by Gasteiger charge is 2.58. The Labute approximate surface area is 123 Å². The molecular weight excluding hydrogens is 252 g/mol. The molecule has 0 aromatic rings. The van der Waals surface area contributed by atoms with Crippen molar-refractivity contribution >= 4 is 0 Å². The van der Waals surface area contributed by atoms with E-state index < -0.39 is 0 Å². The molecule has 2 unspecified atom stereocenters. The molecule has 2 atom stereocenters. The summed E-state index contributed by atoms with van der Waals surface area (Å²) in [5.41, 5.74) is 6.86. The van der Waals surface area contributed by atoms with Crippen LogP contribution in [0.1, 0.15) is 47.0 Å². The molecule has 2 aliphatic rings. The Kier molecular flexibility index (Phi) is 4.80. The van der Waals surface area contributed by atoms with Crippen LogP contribution in [0.25, 0.3) is 0 Å². The van der Waals surface area contributed by atoms with Crippen molar-refractivity contribution in [3.8, 4) is 0 Å². The van der Waals surface area contributed by atoms with Crippen LogP contribution in [0.3, 0.4) is 0 Å². The number of hydrogen-bond acceptors (Lipinski definition) is 4. The van der Waals surface area contributed by atoms with Crippen LogP contribution in [0.2, 0.25) is 0 Å². The van der Waals surface area contributed by atoms with Gasteiger partial charge in [0.1, 0.15) is 0 Å². The van der Waals surface area contributed by atoms with Crippen molar-refractivity contribution in [1.82, 2.24) is 5.32 Å². The molecule has 0 aromatic heterocycles. The lowest BCUT2D eigenvalue weighted by Crippen LogP contribution is -2.73. The average Bonchev–Trinajstić information content (AvgIpc) is 2.39. The normalized spacial score (nSPS) is 35.5. The predicted octanol–water partition coefficient (Wildman–Crippen LogP) is 1.93. The maximum Gasteiger partial charge on any atom is 0.0662 e. The Morgan fingerprint density at radius 2 is 1.85 bits per heavy atom. The Morgan fingerprint density at radius 1 is 1.20 bits per heavy atom. The number of nitrogens with one attached hydrogen (secondary N) is 1. The molecule has 4 heteroatoms. The number of hydrogen-bond donors (Lipinski definition) is 2.